The lowest BCUT2D eigenvalue weighted by Gasteiger charge is -2.11. The predicted molar refractivity (Wildman–Crippen MR) is 96.1 cm³/mol. The molecule has 1 atom stereocenters. The lowest BCUT2D eigenvalue weighted by molar-refractivity contribution is -0.119. The molecular weight excluding hydrogens is 352 g/mol. The van der Waals surface area contributed by atoms with Crippen molar-refractivity contribution in [2.45, 2.75) is 45.8 Å². The van der Waals surface area contributed by atoms with Gasteiger partial charge in [0.05, 0.1) is 6.20 Å². The van der Waals surface area contributed by atoms with E-state index in [-0.39, 0.29) is 16.9 Å². The van der Waals surface area contributed by atoms with Crippen LogP contribution in [-0.4, -0.2) is 43.2 Å². The second-order valence-corrected chi connectivity index (χ2v) is 6.17. The van der Waals surface area contributed by atoms with Gasteiger partial charge < -0.3 is 15.6 Å². The standard InChI is InChI=1S/C17H22N6O4/c1-11(16(18)26)19-17(27)13-5-8-22(15(25)9-13)6-3-4-7-23-10-14(12(2)24)20-21-23/h5,8-11H,3-4,6-7H2,1-2H3,(H2,18,26)(H,19,27)/t11-/m1/s1. The van der Waals surface area contributed by atoms with Crippen molar-refractivity contribution in [3.63, 3.8) is 0 Å². The first-order valence-electron chi connectivity index (χ1n) is 8.49. The third-order valence-corrected chi connectivity index (χ3v) is 3.97. The molecule has 144 valence electrons. The predicted octanol–water partition coefficient (Wildman–Crippen LogP) is -0.274. The second kappa shape index (κ2) is 8.88. The number of pyridine rings is 1. The number of ketones is 1. The molecule has 3 N–H and O–H groups in total. The zero-order chi connectivity index (χ0) is 20.0. The molecule has 0 aromatic carbocycles. The molecule has 2 aromatic rings. The maximum Gasteiger partial charge on any atom is 0.252 e. The number of nitrogens with two attached hydrogens (primary N) is 1. The van der Waals surface area contributed by atoms with E-state index in [1.807, 2.05) is 0 Å². The van der Waals surface area contributed by atoms with Crippen molar-refractivity contribution in [1.82, 2.24) is 24.9 Å². The van der Waals surface area contributed by atoms with Crippen molar-refractivity contribution >= 4 is 17.6 Å². The Morgan fingerprint density at radius 2 is 1.96 bits per heavy atom. The van der Waals surface area contributed by atoms with Crippen molar-refractivity contribution in [3.05, 3.63) is 46.1 Å². The van der Waals surface area contributed by atoms with Crippen LogP contribution in [0, 0.1) is 0 Å². The molecule has 0 aliphatic rings. The van der Waals surface area contributed by atoms with Crippen LogP contribution in [0.25, 0.3) is 0 Å². The monoisotopic (exact) mass is 374 g/mol. The second-order valence-electron chi connectivity index (χ2n) is 6.17. The van der Waals surface area contributed by atoms with Crippen molar-refractivity contribution in [2.75, 3.05) is 0 Å². The summed E-state index contributed by atoms with van der Waals surface area (Å²) in [5, 5.41) is 10.1. The quantitative estimate of drug-likeness (QED) is 0.457. The number of aryl methyl sites for hydroxylation is 2. The first-order valence-corrected chi connectivity index (χ1v) is 8.49. The van der Waals surface area contributed by atoms with Crippen LogP contribution in [0.5, 0.6) is 0 Å². The van der Waals surface area contributed by atoms with Crippen LogP contribution in [0.4, 0.5) is 0 Å². The summed E-state index contributed by atoms with van der Waals surface area (Å²) in [5.74, 6) is -1.32. The normalized spacial score (nSPS) is 11.8. The van der Waals surface area contributed by atoms with Crippen LogP contribution < -0.4 is 16.6 Å². The van der Waals surface area contributed by atoms with Gasteiger partial charge in [0.1, 0.15) is 11.7 Å². The number of amides is 2. The van der Waals surface area contributed by atoms with E-state index in [1.165, 1.54) is 36.7 Å². The first kappa shape index (κ1) is 20.0. The van der Waals surface area contributed by atoms with Gasteiger partial charge in [-0.3, -0.25) is 23.9 Å². The summed E-state index contributed by atoms with van der Waals surface area (Å²) in [7, 11) is 0. The fourth-order valence-electron chi connectivity index (χ4n) is 2.31. The highest BCUT2D eigenvalue weighted by Crippen LogP contribution is 2.01. The average Bonchev–Trinajstić information content (AvgIpc) is 3.08. The zero-order valence-corrected chi connectivity index (χ0v) is 15.2. The molecule has 0 bridgehead atoms. The van der Waals surface area contributed by atoms with Gasteiger partial charge in [-0.1, -0.05) is 5.21 Å². The highest BCUT2D eigenvalue weighted by atomic mass is 16.2. The number of carbonyl (C=O) groups excluding carboxylic acids is 3. The van der Waals surface area contributed by atoms with E-state index < -0.39 is 17.9 Å². The molecule has 0 saturated carbocycles. The van der Waals surface area contributed by atoms with Crippen LogP contribution in [0.1, 0.15) is 47.5 Å². The third-order valence-electron chi connectivity index (χ3n) is 3.97. The molecule has 10 nitrogen and oxygen atoms in total. The molecule has 0 radical (unpaired) electrons. The largest absolute Gasteiger partial charge is 0.368 e. The number of Topliss-reactive ketones (excluding diaryl/α,β-unsaturated/α-hetero) is 1. The SMILES string of the molecule is CC(=O)c1cn(CCCCn2ccc(C(=O)N[C@H](C)C(N)=O)cc2=O)nn1. The molecule has 2 aromatic heterocycles. The molecule has 10 heteroatoms. The molecule has 0 saturated heterocycles. The molecule has 0 aliphatic heterocycles. The fourth-order valence-corrected chi connectivity index (χ4v) is 2.31. The molecule has 2 heterocycles. The number of hydrogen-bond acceptors (Lipinski definition) is 6. The molecule has 27 heavy (non-hydrogen) atoms. The number of primary amides is 1. The van der Waals surface area contributed by atoms with Gasteiger partial charge in [-0.2, -0.15) is 0 Å². The van der Waals surface area contributed by atoms with Gasteiger partial charge in [0.15, 0.2) is 5.78 Å². The Kier molecular flexibility index (Phi) is 6.58. The van der Waals surface area contributed by atoms with E-state index in [0.29, 0.717) is 25.2 Å². The van der Waals surface area contributed by atoms with E-state index in [2.05, 4.69) is 15.6 Å². The zero-order valence-electron chi connectivity index (χ0n) is 15.2. The van der Waals surface area contributed by atoms with Crippen LogP contribution in [-0.2, 0) is 17.9 Å². The Morgan fingerprint density at radius 1 is 1.26 bits per heavy atom. The van der Waals surface area contributed by atoms with Crippen LogP contribution in [0.3, 0.4) is 0 Å². The maximum absolute atomic E-state index is 12.1. The van der Waals surface area contributed by atoms with Gasteiger partial charge in [0.2, 0.25) is 5.91 Å². The minimum atomic E-state index is -0.819. The van der Waals surface area contributed by atoms with E-state index in [4.69, 9.17) is 5.73 Å². The minimum Gasteiger partial charge on any atom is -0.368 e. The maximum atomic E-state index is 12.1. The van der Waals surface area contributed by atoms with Crippen LogP contribution in [0.2, 0.25) is 0 Å². The highest BCUT2D eigenvalue weighted by molar-refractivity contribution is 5.97. The number of nitrogens with one attached hydrogen (secondary N) is 1. The van der Waals surface area contributed by atoms with Gasteiger partial charge in [0.25, 0.3) is 11.5 Å². The molecule has 0 aliphatic carbocycles. The number of carbonyl (C=O) groups is 3. The molecule has 0 fully saturated rings. The Labute approximate surface area is 155 Å². The highest BCUT2D eigenvalue weighted by Gasteiger charge is 2.14. The van der Waals surface area contributed by atoms with E-state index >= 15 is 0 Å². The van der Waals surface area contributed by atoms with E-state index in [0.717, 1.165) is 6.42 Å². The fraction of sp³-hybridized carbons (Fsp3) is 0.412. The van der Waals surface area contributed by atoms with Crippen molar-refractivity contribution < 1.29 is 14.4 Å². The summed E-state index contributed by atoms with van der Waals surface area (Å²) in [6.07, 6.45) is 4.58. The number of nitrogens with zero attached hydrogens (tertiary/aromatic N) is 4. The molecular formula is C17H22N6O4. The summed E-state index contributed by atoms with van der Waals surface area (Å²) in [6, 6.07) is 1.92. The van der Waals surface area contributed by atoms with Crippen molar-refractivity contribution in [3.8, 4) is 0 Å². The third kappa shape index (κ3) is 5.59. The van der Waals surface area contributed by atoms with Crippen LogP contribution >= 0.6 is 0 Å². The number of aromatic nitrogens is 4. The lowest BCUT2D eigenvalue weighted by Crippen LogP contribution is -2.42. The summed E-state index contributed by atoms with van der Waals surface area (Å²) in [4.78, 5) is 46.3. The van der Waals surface area contributed by atoms with Gasteiger partial charge in [0, 0.05) is 37.8 Å². The lowest BCUT2D eigenvalue weighted by atomic mass is 10.2. The smallest absolute Gasteiger partial charge is 0.252 e. The van der Waals surface area contributed by atoms with Gasteiger partial charge >= 0.3 is 0 Å². The summed E-state index contributed by atoms with van der Waals surface area (Å²) < 4.78 is 3.09. The number of unbranched alkanes of at least 4 members (excludes halogenated alkanes) is 1. The van der Waals surface area contributed by atoms with Crippen molar-refractivity contribution in [2.24, 2.45) is 5.73 Å². The number of hydrogen-bond donors (Lipinski definition) is 2. The molecule has 0 unspecified atom stereocenters. The number of rotatable bonds is 9. The molecule has 2 amide bonds. The molecule has 2 rings (SSSR count). The van der Waals surface area contributed by atoms with Gasteiger partial charge in [-0.15, -0.1) is 5.10 Å². The Hall–Kier alpha value is -3.30. The van der Waals surface area contributed by atoms with Gasteiger partial charge in [-0.25, -0.2) is 0 Å². The topological polar surface area (TPSA) is 142 Å². The Bertz CT molecular complexity index is 901. The Balaban J connectivity index is 1.86. The van der Waals surface area contributed by atoms with Gasteiger partial charge in [-0.05, 0) is 25.8 Å². The van der Waals surface area contributed by atoms with E-state index in [1.54, 1.807) is 10.9 Å². The van der Waals surface area contributed by atoms with E-state index in [9.17, 15) is 19.2 Å². The average molecular weight is 374 g/mol. The Morgan fingerprint density at radius 3 is 2.56 bits per heavy atom. The van der Waals surface area contributed by atoms with Crippen molar-refractivity contribution in [1.29, 1.82) is 0 Å². The summed E-state index contributed by atoms with van der Waals surface area (Å²) in [5.41, 5.74) is 5.28. The first-order chi connectivity index (χ1) is 12.8. The summed E-state index contributed by atoms with van der Waals surface area (Å²) in [6.45, 7) is 3.96. The minimum absolute atomic E-state index is 0.137. The molecule has 0 spiro atoms. The van der Waals surface area contributed by atoms with Crippen LogP contribution in [0.15, 0.2) is 29.3 Å². The summed E-state index contributed by atoms with van der Waals surface area (Å²) >= 11 is 0.